The number of hydrogen-bond acceptors (Lipinski definition) is 7. The lowest BCUT2D eigenvalue weighted by molar-refractivity contribution is -0.158. The van der Waals surface area contributed by atoms with Gasteiger partial charge in [0, 0.05) is 19.6 Å². The monoisotopic (exact) mass is 468 g/mol. The Morgan fingerprint density at radius 1 is 1.26 bits per heavy atom. The molecule has 1 N–H and O–H groups in total. The van der Waals surface area contributed by atoms with Crippen molar-refractivity contribution in [2.75, 3.05) is 32.8 Å². The number of carbonyl (C=O) groups excluding carboxylic acids is 3. The van der Waals surface area contributed by atoms with Crippen molar-refractivity contribution in [1.29, 1.82) is 5.26 Å². The summed E-state index contributed by atoms with van der Waals surface area (Å²) < 4.78 is 11.4. The van der Waals surface area contributed by atoms with Gasteiger partial charge in [-0.25, -0.2) is 4.79 Å². The summed E-state index contributed by atoms with van der Waals surface area (Å²) in [6, 6.07) is 7.25. The molecule has 4 rings (SSSR count). The molecule has 182 valence electrons. The standard InChI is InChI=1S/C25H32N4O5/c1-17(2)15-34-23(31)20-7-4-11-28(20)22(30)21(16-33-19-6-3-5-18(13-19)14-26)29-12-10-27-25(8-9-25)24(29)32/h3,5-6,13,17,20-21,27H,4,7-12,15-16H2,1-2H3/t20-,21-/m0/s1. The summed E-state index contributed by atoms with van der Waals surface area (Å²) in [5.41, 5.74) is -0.124. The molecule has 34 heavy (non-hydrogen) atoms. The van der Waals surface area contributed by atoms with Crippen molar-refractivity contribution in [2.45, 2.75) is 57.2 Å². The number of esters is 1. The maximum absolute atomic E-state index is 13.8. The van der Waals surface area contributed by atoms with E-state index in [1.165, 1.54) is 0 Å². The Labute approximate surface area is 200 Å². The fraction of sp³-hybridized carbons (Fsp3) is 0.600. The van der Waals surface area contributed by atoms with Gasteiger partial charge in [0.15, 0.2) is 0 Å². The molecule has 0 aromatic heterocycles. The smallest absolute Gasteiger partial charge is 0.328 e. The zero-order valence-corrected chi connectivity index (χ0v) is 19.8. The minimum atomic E-state index is -0.865. The summed E-state index contributed by atoms with van der Waals surface area (Å²) in [5, 5.41) is 12.5. The summed E-state index contributed by atoms with van der Waals surface area (Å²) in [4.78, 5) is 42.9. The number of benzene rings is 1. The van der Waals surface area contributed by atoms with E-state index in [4.69, 9.17) is 14.7 Å². The third-order valence-electron chi connectivity index (χ3n) is 6.64. The topological polar surface area (TPSA) is 112 Å². The first-order chi connectivity index (χ1) is 16.3. The number of nitriles is 1. The van der Waals surface area contributed by atoms with Crippen LogP contribution in [-0.4, -0.2) is 78.1 Å². The molecule has 3 aliphatic rings. The van der Waals surface area contributed by atoms with Gasteiger partial charge in [0.1, 0.15) is 24.4 Å². The first-order valence-corrected chi connectivity index (χ1v) is 12.0. The molecule has 1 aromatic carbocycles. The minimum absolute atomic E-state index is 0.0558. The number of piperazine rings is 1. The number of hydrogen-bond donors (Lipinski definition) is 1. The molecule has 2 aliphatic heterocycles. The van der Waals surface area contributed by atoms with E-state index in [1.807, 2.05) is 13.8 Å². The molecule has 0 bridgehead atoms. The first kappa shape index (κ1) is 24.0. The van der Waals surface area contributed by atoms with Gasteiger partial charge in [0.2, 0.25) is 11.8 Å². The Bertz CT molecular complexity index is 984. The van der Waals surface area contributed by atoms with Gasteiger partial charge in [-0.2, -0.15) is 5.26 Å². The van der Waals surface area contributed by atoms with E-state index in [9.17, 15) is 14.4 Å². The molecule has 9 heteroatoms. The molecule has 3 fully saturated rings. The highest BCUT2D eigenvalue weighted by Crippen LogP contribution is 2.39. The average Bonchev–Trinajstić information content (AvgIpc) is 3.43. The van der Waals surface area contributed by atoms with Gasteiger partial charge in [-0.1, -0.05) is 19.9 Å². The lowest BCUT2D eigenvalue weighted by atomic mass is 10.1. The Balaban J connectivity index is 1.54. The van der Waals surface area contributed by atoms with Crippen molar-refractivity contribution in [1.82, 2.24) is 15.1 Å². The Hall–Kier alpha value is -3.12. The Morgan fingerprint density at radius 2 is 2.06 bits per heavy atom. The van der Waals surface area contributed by atoms with Gasteiger partial charge in [-0.3, -0.25) is 9.59 Å². The number of amides is 2. The zero-order valence-electron chi connectivity index (χ0n) is 19.8. The van der Waals surface area contributed by atoms with Crippen LogP contribution in [0.15, 0.2) is 24.3 Å². The summed E-state index contributed by atoms with van der Waals surface area (Å²) in [5.74, 6) is -0.134. The van der Waals surface area contributed by atoms with Crippen molar-refractivity contribution in [3.05, 3.63) is 29.8 Å². The predicted molar refractivity (Wildman–Crippen MR) is 123 cm³/mol. The predicted octanol–water partition coefficient (Wildman–Crippen LogP) is 1.46. The minimum Gasteiger partial charge on any atom is -0.491 e. The normalized spacial score (nSPS) is 21.9. The maximum Gasteiger partial charge on any atom is 0.328 e. The molecule has 2 amide bonds. The van der Waals surface area contributed by atoms with Crippen molar-refractivity contribution < 1.29 is 23.9 Å². The highest BCUT2D eigenvalue weighted by atomic mass is 16.5. The Kier molecular flexibility index (Phi) is 7.08. The second kappa shape index (κ2) is 10.0. The van der Waals surface area contributed by atoms with Gasteiger partial charge in [0.05, 0.1) is 23.8 Å². The highest BCUT2D eigenvalue weighted by Gasteiger charge is 2.55. The van der Waals surface area contributed by atoms with Crippen molar-refractivity contribution in [3.8, 4) is 11.8 Å². The molecule has 9 nitrogen and oxygen atoms in total. The van der Waals surface area contributed by atoms with Crippen molar-refractivity contribution in [3.63, 3.8) is 0 Å². The van der Waals surface area contributed by atoms with Crippen LogP contribution in [0.1, 0.15) is 45.1 Å². The maximum atomic E-state index is 13.8. The molecule has 2 atom stereocenters. The molecular formula is C25H32N4O5. The zero-order chi connectivity index (χ0) is 24.3. The van der Waals surface area contributed by atoms with Crippen LogP contribution < -0.4 is 10.1 Å². The third kappa shape index (κ3) is 5.02. The molecule has 0 unspecified atom stereocenters. The van der Waals surface area contributed by atoms with Crippen molar-refractivity contribution in [2.24, 2.45) is 5.92 Å². The van der Waals surface area contributed by atoms with Crippen molar-refractivity contribution >= 4 is 17.8 Å². The van der Waals surface area contributed by atoms with Crippen LogP contribution in [0.4, 0.5) is 0 Å². The van der Waals surface area contributed by atoms with Crippen LogP contribution in [0.5, 0.6) is 5.75 Å². The van der Waals surface area contributed by atoms with Crippen LogP contribution >= 0.6 is 0 Å². The number of likely N-dealkylation sites (tertiary alicyclic amines) is 1. The SMILES string of the molecule is CC(C)COC(=O)[C@@H]1CCCN1C(=O)[C@H](COc1cccc(C#N)c1)N1CCNC2(CC2)C1=O. The van der Waals surface area contributed by atoms with Gasteiger partial charge >= 0.3 is 5.97 Å². The van der Waals surface area contributed by atoms with Crippen LogP contribution in [-0.2, 0) is 19.1 Å². The molecule has 1 aliphatic carbocycles. The molecule has 1 saturated carbocycles. The average molecular weight is 469 g/mol. The number of rotatable bonds is 8. The van der Waals surface area contributed by atoms with Gasteiger partial charge in [0.25, 0.3) is 0 Å². The van der Waals surface area contributed by atoms with E-state index in [2.05, 4.69) is 11.4 Å². The van der Waals surface area contributed by atoms with Crippen LogP contribution in [0, 0.1) is 17.2 Å². The van der Waals surface area contributed by atoms with Crippen LogP contribution in [0.2, 0.25) is 0 Å². The summed E-state index contributed by atoms with van der Waals surface area (Å²) in [6.07, 6.45) is 2.74. The summed E-state index contributed by atoms with van der Waals surface area (Å²) in [6.45, 7) is 5.59. The highest BCUT2D eigenvalue weighted by molar-refractivity contribution is 5.96. The third-order valence-corrected chi connectivity index (χ3v) is 6.64. The first-order valence-electron chi connectivity index (χ1n) is 12.0. The molecule has 0 radical (unpaired) electrons. The fourth-order valence-electron chi connectivity index (χ4n) is 4.62. The van der Waals surface area contributed by atoms with Crippen LogP contribution in [0.3, 0.4) is 0 Å². The quantitative estimate of drug-likeness (QED) is 0.575. The number of nitrogens with zero attached hydrogens (tertiary/aromatic N) is 3. The van der Waals surface area contributed by atoms with E-state index < -0.39 is 23.6 Å². The lowest BCUT2D eigenvalue weighted by Crippen LogP contribution is -2.64. The van der Waals surface area contributed by atoms with E-state index in [-0.39, 0.29) is 24.3 Å². The number of ether oxygens (including phenoxy) is 2. The van der Waals surface area contributed by atoms with Crippen LogP contribution in [0.25, 0.3) is 0 Å². The van der Waals surface area contributed by atoms with Gasteiger partial charge in [-0.15, -0.1) is 0 Å². The van der Waals surface area contributed by atoms with E-state index in [0.717, 1.165) is 12.8 Å². The lowest BCUT2D eigenvalue weighted by Gasteiger charge is -2.40. The van der Waals surface area contributed by atoms with E-state index >= 15 is 0 Å². The molecule has 1 aromatic rings. The summed E-state index contributed by atoms with van der Waals surface area (Å²) >= 11 is 0. The largest absolute Gasteiger partial charge is 0.491 e. The number of carbonyl (C=O) groups is 3. The Morgan fingerprint density at radius 3 is 2.76 bits per heavy atom. The second-order valence-corrected chi connectivity index (χ2v) is 9.69. The van der Waals surface area contributed by atoms with Gasteiger partial charge < -0.3 is 24.6 Å². The molecule has 2 heterocycles. The molecule has 2 saturated heterocycles. The fourth-order valence-corrected chi connectivity index (χ4v) is 4.62. The molecule has 1 spiro atoms. The van der Waals surface area contributed by atoms with Gasteiger partial charge in [-0.05, 0) is 49.8 Å². The van der Waals surface area contributed by atoms with E-state index in [0.29, 0.717) is 50.4 Å². The van der Waals surface area contributed by atoms with E-state index in [1.54, 1.807) is 34.1 Å². The summed E-state index contributed by atoms with van der Waals surface area (Å²) in [7, 11) is 0. The second-order valence-electron chi connectivity index (χ2n) is 9.69. The molecular weight excluding hydrogens is 436 g/mol. The number of nitrogens with one attached hydrogen (secondary N) is 1.